The van der Waals surface area contributed by atoms with Gasteiger partial charge in [0.15, 0.2) is 10.3 Å². The van der Waals surface area contributed by atoms with Gasteiger partial charge in [-0.2, -0.15) is 0 Å². The average molecular weight is 389 g/mol. The molecule has 3 rings (SSSR count). The molecule has 0 spiro atoms. The highest BCUT2D eigenvalue weighted by Gasteiger charge is 2.10. The van der Waals surface area contributed by atoms with Crippen molar-refractivity contribution in [1.29, 1.82) is 0 Å². The van der Waals surface area contributed by atoms with Gasteiger partial charge in [-0.25, -0.2) is 9.97 Å². The number of amides is 1. The van der Waals surface area contributed by atoms with Gasteiger partial charge in [0.05, 0.1) is 18.6 Å². The summed E-state index contributed by atoms with van der Waals surface area (Å²) >= 11 is 2.42. The summed E-state index contributed by atoms with van der Waals surface area (Å²) in [6.07, 6.45) is 0. The molecule has 4 N–H and O–H groups in total. The first kappa shape index (κ1) is 18.0. The van der Waals surface area contributed by atoms with Crippen molar-refractivity contribution in [3.8, 4) is 17.0 Å². The summed E-state index contributed by atoms with van der Waals surface area (Å²) in [4.78, 5) is 34.2. The topological polar surface area (TPSA) is 123 Å². The van der Waals surface area contributed by atoms with E-state index < -0.39 is 0 Å². The Balaban J connectivity index is 1.59. The fraction of sp³-hybridized carbons (Fsp3) is 0.125. The highest BCUT2D eigenvalue weighted by molar-refractivity contribution is 7.99. The van der Waals surface area contributed by atoms with Crippen molar-refractivity contribution in [3.63, 3.8) is 0 Å². The smallest absolute Gasteiger partial charge is 0.253 e. The van der Waals surface area contributed by atoms with Crippen molar-refractivity contribution in [2.24, 2.45) is 0 Å². The Kier molecular flexibility index (Phi) is 5.54. The van der Waals surface area contributed by atoms with Crippen LogP contribution in [0.1, 0.15) is 0 Å². The van der Waals surface area contributed by atoms with Crippen molar-refractivity contribution in [1.82, 2.24) is 15.0 Å². The number of carbonyl (C=O) groups excluding carboxylic acids is 1. The number of benzene rings is 1. The Labute approximate surface area is 156 Å². The van der Waals surface area contributed by atoms with Gasteiger partial charge in [0, 0.05) is 17.0 Å². The number of hydrogen-bond acceptors (Lipinski definition) is 8. The predicted molar refractivity (Wildman–Crippen MR) is 103 cm³/mol. The number of aromatic nitrogens is 3. The van der Waals surface area contributed by atoms with E-state index in [0.717, 1.165) is 28.8 Å². The van der Waals surface area contributed by atoms with Crippen molar-refractivity contribution in [2.45, 2.75) is 5.16 Å². The molecule has 2 heterocycles. The lowest BCUT2D eigenvalue weighted by molar-refractivity contribution is -0.113. The summed E-state index contributed by atoms with van der Waals surface area (Å²) in [7, 11) is 1.61. The molecule has 0 aliphatic rings. The highest BCUT2D eigenvalue weighted by atomic mass is 32.2. The van der Waals surface area contributed by atoms with Gasteiger partial charge in [-0.15, -0.1) is 11.3 Å². The standard InChI is InChI=1S/C16H15N5O3S2/c1-24-10-4-2-9(3-5-10)11-7-25-15(18-11)21-14(23)8-26-16-19-12(17)6-13(22)20-16/h2-7H,8H2,1H3,(H,18,21,23)(H3,17,19,20,22). The van der Waals surface area contributed by atoms with Crippen LogP contribution < -0.4 is 21.3 Å². The molecule has 1 aromatic carbocycles. The number of nitrogens with zero attached hydrogens (tertiary/aromatic N) is 2. The Bertz CT molecular complexity index is 969. The number of rotatable bonds is 6. The van der Waals surface area contributed by atoms with Gasteiger partial charge in [0.25, 0.3) is 5.56 Å². The van der Waals surface area contributed by atoms with E-state index in [9.17, 15) is 9.59 Å². The molecule has 2 aromatic heterocycles. The largest absolute Gasteiger partial charge is 0.497 e. The normalized spacial score (nSPS) is 10.5. The third-order valence-electron chi connectivity index (χ3n) is 3.22. The highest BCUT2D eigenvalue weighted by Crippen LogP contribution is 2.26. The molecule has 8 nitrogen and oxygen atoms in total. The van der Waals surface area contributed by atoms with E-state index in [1.165, 1.54) is 17.4 Å². The lowest BCUT2D eigenvalue weighted by atomic mass is 10.2. The van der Waals surface area contributed by atoms with Gasteiger partial charge < -0.3 is 20.8 Å². The lowest BCUT2D eigenvalue weighted by Gasteiger charge is -2.02. The molecule has 0 saturated carbocycles. The van der Waals surface area contributed by atoms with E-state index in [-0.39, 0.29) is 23.0 Å². The number of aromatic amines is 1. The summed E-state index contributed by atoms with van der Waals surface area (Å²) in [5.74, 6) is 0.697. The SMILES string of the molecule is COc1ccc(-c2csc(NC(=O)CSc3nc(N)cc(=O)[nH]3)n2)cc1. The predicted octanol–water partition coefficient (Wildman–Crippen LogP) is 2.21. The van der Waals surface area contributed by atoms with Crippen molar-refractivity contribution in [3.05, 3.63) is 46.1 Å². The molecule has 0 saturated heterocycles. The number of nitrogens with two attached hydrogens (primary N) is 1. The molecular formula is C16H15N5O3S2. The van der Waals surface area contributed by atoms with Gasteiger partial charge in [0.1, 0.15) is 11.6 Å². The minimum atomic E-state index is -0.357. The molecule has 3 aromatic rings. The maximum Gasteiger partial charge on any atom is 0.253 e. The molecule has 26 heavy (non-hydrogen) atoms. The maximum atomic E-state index is 12.1. The van der Waals surface area contributed by atoms with Crippen molar-refractivity contribution >= 4 is 40.0 Å². The second kappa shape index (κ2) is 8.02. The Morgan fingerprint density at radius 3 is 2.81 bits per heavy atom. The minimum absolute atomic E-state index is 0.0733. The number of thiazole rings is 1. The minimum Gasteiger partial charge on any atom is -0.497 e. The number of carbonyl (C=O) groups is 1. The third kappa shape index (κ3) is 4.61. The number of anilines is 2. The van der Waals surface area contributed by atoms with E-state index in [0.29, 0.717) is 10.3 Å². The maximum absolute atomic E-state index is 12.1. The Morgan fingerprint density at radius 2 is 2.12 bits per heavy atom. The van der Waals surface area contributed by atoms with E-state index in [2.05, 4.69) is 20.3 Å². The molecule has 0 bridgehead atoms. The molecule has 0 aliphatic carbocycles. The number of hydrogen-bond donors (Lipinski definition) is 3. The summed E-state index contributed by atoms with van der Waals surface area (Å²) in [6.45, 7) is 0. The molecule has 0 unspecified atom stereocenters. The molecule has 0 aliphatic heterocycles. The first-order chi connectivity index (χ1) is 12.5. The number of nitrogens with one attached hydrogen (secondary N) is 2. The van der Waals surface area contributed by atoms with Crippen LogP contribution in [-0.4, -0.2) is 33.7 Å². The van der Waals surface area contributed by atoms with E-state index >= 15 is 0 Å². The number of nitrogen functional groups attached to an aromatic ring is 1. The van der Waals surface area contributed by atoms with Crippen LogP contribution in [0.15, 0.2) is 45.7 Å². The van der Waals surface area contributed by atoms with Gasteiger partial charge in [0.2, 0.25) is 5.91 Å². The second-order valence-electron chi connectivity index (χ2n) is 5.08. The zero-order valence-corrected chi connectivity index (χ0v) is 15.3. The van der Waals surface area contributed by atoms with Crippen LogP contribution >= 0.6 is 23.1 Å². The molecule has 0 atom stereocenters. The van der Waals surface area contributed by atoms with Crippen LogP contribution in [0.3, 0.4) is 0 Å². The Morgan fingerprint density at radius 1 is 1.35 bits per heavy atom. The monoisotopic (exact) mass is 389 g/mol. The number of methoxy groups -OCH3 is 1. The van der Waals surface area contributed by atoms with Crippen LogP contribution in [0.5, 0.6) is 5.75 Å². The zero-order chi connectivity index (χ0) is 18.5. The van der Waals surface area contributed by atoms with E-state index in [4.69, 9.17) is 10.5 Å². The van der Waals surface area contributed by atoms with Crippen LogP contribution in [0, 0.1) is 0 Å². The first-order valence-corrected chi connectivity index (χ1v) is 9.29. The molecule has 134 valence electrons. The quantitative estimate of drug-likeness (QED) is 0.436. The molecule has 10 heteroatoms. The Hall–Kier alpha value is -2.85. The number of H-pyrrole nitrogens is 1. The van der Waals surface area contributed by atoms with Gasteiger partial charge in [-0.3, -0.25) is 9.59 Å². The fourth-order valence-electron chi connectivity index (χ4n) is 2.04. The average Bonchev–Trinajstić information content (AvgIpc) is 3.08. The summed E-state index contributed by atoms with van der Waals surface area (Å²) in [5.41, 5.74) is 6.84. The molecule has 0 radical (unpaired) electrons. The van der Waals surface area contributed by atoms with Crippen molar-refractivity contribution in [2.75, 3.05) is 23.9 Å². The number of ether oxygens (including phenoxy) is 1. The zero-order valence-electron chi connectivity index (χ0n) is 13.7. The van der Waals surface area contributed by atoms with E-state index in [1.54, 1.807) is 7.11 Å². The first-order valence-electron chi connectivity index (χ1n) is 7.43. The number of thioether (sulfide) groups is 1. The molecular weight excluding hydrogens is 374 g/mol. The van der Waals surface area contributed by atoms with Crippen LogP contribution in [0.4, 0.5) is 10.9 Å². The summed E-state index contributed by atoms with van der Waals surface area (Å²) < 4.78 is 5.13. The van der Waals surface area contributed by atoms with Crippen molar-refractivity contribution < 1.29 is 9.53 Å². The van der Waals surface area contributed by atoms with Crippen LogP contribution in [0.2, 0.25) is 0 Å². The fourth-order valence-corrected chi connectivity index (χ4v) is 3.45. The summed E-state index contributed by atoms with van der Waals surface area (Å²) in [6, 6.07) is 8.68. The van der Waals surface area contributed by atoms with E-state index in [1.807, 2.05) is 29.6 Å². The van der Waals surface area contributed by atoms with Gasteiger partial charge >= 0.3 is 0 Å². The molecule has 1 amide bonds. The van der Waals surface area contributed by atoms with Crippen LogP contribution in [0.25, 0.3) is 11.3 Å². The third-order valence-corrected chi connectivity index (χ3v) is 4.85. The molecule has 0 fully saturated rings. The lowest BCUT2D eigenvalue weighted by Crippen LogP contribution is -2.15. The van der Waals surface area contributed by atoms with Gasteiger partial charge in [-0.05, 0) is 24.3 Å². The second-order valence-corrected chi connectivity index (χ2v) is 6.90. The van der Waals surface area contributed by atoms with Crippen LogP contribution in [-0.2, 0) is 4.79 Å². The summed E-state index contributed by atoms with van der Waals surface area (Å²) in [5, 5.41) is 5.38. The van der Waals surface area contributed by atoms with Gasteiger partial charge in [-0.1, -0.05) is 11.8 Å².